The Morgan fingerprint density at radius 2 is 2.07 bits per heavy atom. The molecule has 1 fully saturated rings. The summed E-state index contributed by atoms with van der Waals surface area (Å²) in [5.41, 5.74) is 1.34. The molecule has 1 N–H and O–H groups in total. The molecular weight excluding hydrogens is 186 g/mol. The standard InChI is InChI=1S/C13H19NO/c1-14-9-8-12(10-14)3-2-11-4-6-13(15)7-5-11/h4-7,12,15H,2-3,8-10H2,1H3. The van der Waals surface area contributed by atoms with E-state index in [4.69, 9.17) is 5.11 Å². The minimum Gasteiger partial charge on any atom is -0.508 e. The third-order valence-electron chi connectivity index (χ3n) is 3.27. The van der Waals surface area contributed by atoms with Gasteiger partial charge in [-0.3, -0.25) is 0 Å². The number of aryl methyl sites for hydroxylation is 1. The molecule has 1 aromatic carbocycles. The van der Waals surface area contributed by atoms with Gasteiger partial charge in [0.2, 0.25) is 0 Å². The molecule has 0 spiro atoms. The molecule has 82 valence electrons. The van der Waals surface area contributed by atoms with Crippen LogP contribution in [0.15, 0.2) is 24.3 Å². The lowest BCUT2D eigenvalue weighted by molar-refractivity contribution is 0.388. The van der Waals surface area contributed by atoms with Crippen molar-refractivity contribution >= 4 is 0 Å². The van der Waals surface area contributed by atoms with Gasteiger partial charge in [-0.05, 0) is 56.5 Å². The van der Waals surface area contributed by atoms with Gasteiger partial charge in [0.05, 0.1) is 0 Å². The fraction of sp³-hybridized carbons (Fsp3) is 0.538. The summed E-state index contributed by atoms with van der Waals surface area (Å²) in [6.07, 6.45) is 3.75. The minimum absolute atomic E-state index is 0.361. The van der Waals surface area contributed by atoms with Crippen molar-refractivity contribution in [1.82, 2.24) is 4.90 Å². The summed E-state index contributed by atoms with van der Waals surface area (Å²) in [5.74, 6) is 1.23. The van der Waals surface area contributed by atoms with E-state index in [1.165, 1.54) is 31.5 Å². The smallest absolute Gasteiger partial charge is 0.115 e. The second kappa shape index (κ2) is 4.67. The van der Waals surface area contributed by atoms with E-state index in [-0.39, 0.29) is 0 Å². The molecule has 0 amide bonds. The molecule has 0 saturated carbocycles. The van der Waals surface area contributed by atoms with Crippen LogP contribution < -0.4 is 0 Å². The molecule has 1 aromatic rings. The SMILES string of the molecule is CN1CCC(CCc2ccc(O)cc2)C1. The molecule has 2 rings (SSSR count). The summed E-state index contributed by atoms with van der Waals surface area (Å²) in [7, 11) is 2.19. The van der Waals surface area contributed by atoms with E-state index >= 15 is 0 Å². The van der Waals surface area contributed by atoms with Crippen LogP contribution in [0.5, 0.6) is 5.75 Å². The van der Waals surface area contributed by atoms with E-state index in [1.807, 2.05) is 12.1 Å². The molecule has 0 aliphatic carbocycles. The Bertz CT molecular complexity index is 307. The van der Waals surface area contributed by atoms with Crippen molar-refractivity contribution in [2.75, 3.05) is 20.1 Å². The zero-order valence-corrected chi connectivity index (χ0v) is 9.32. The maximum absolute atomic E-state index is 9.16. The van der Waals surface area contributed by atoms with Crippen molar-refractivity contribution < 1.29 is 5.11 Å². The van der Waals surface area contributed by atoms with Gasteiger partial charge in [0, 0.05) is 6.54 Å². The Hall–Kier alpha value is -1.02. The van der Waals surface area contributed by atoms with E-state index in [0.29, 0.717) is 5.75 Å². The summed E-state index contributed by atoms with van der Waals surface area (Å²) >= 11 is 0. The average molecular weight is 205 g/mol. The maximum atomic E-state index is 9.16. The number of phenolic OH excluding ortho intramolecular Hbond substituents is 1. The van der Waals surface area contributed by atoms with Crippen molar-refractivity contribution in [2.24, 2.45) is 5.92 Å². The second-order valence-corrected chi connectivity index (χ2v) is 4.62. The van der Waals surface area contributed by atoms with Gasteiger partial charge < -0.3 is 10.0 Å². The molecule has 1 saturated heterocycles. The van der Waals surface area contributed by atoms with Crippen molar-refractivity contribution in [3.63, 3.8) is 0 Å². The van der Waals surface area contributed by atoms with Crippen LogP contribution in [0.25, 0.3) is 0 Å². The van der Waals surface area contributed by atoms with Crippen molar-refractivity contribution in [3.05, 3.63) is 29.8 Å². The van der Waals surface area contributed by atoms with Gasteiger partial charge in [-0.2, -0.15) is 0 Å². The van der Waals surface area contributed by atoms with Crippen molar-refractivity contribution in [1.29, 1.82) is 0 Å². The molecule has 1 aliphatic heterocycles. The zero-order chi connectivity index (χ0) is 10.7. The third kappa shape index (κ3) is 2.96. The van der Waals surface area contributed by atoms with Crippen LogP contribution in [0.4, 0.5) is 0 Å². The lowest BCUT2D eigenvalue weighted by Gasteiger charge is -2.10. The summed E-state index contributed by atoms with van der Waals surface area (Å²) in [5, 5.41) is 9.16. The first-order chi connectivity index (χ1) is 7.24. The van der Waals surface area contributed by atoms with Gasteiger partial charge >= 0.3 is 0 Å². The van der Waals surface area contributed by atoms with Crippen LogP contribution in [0.1, 0.15) is 18.4 Å². The molecule has 1 heterocycles. The average Bonchev–Trinajstić information content (AvgIpc) is 2.64. The maximum Gasteiger partial charge on any atom is 0.115 e. The van der Waals surface area contributed by atoms with Crippen LogP contribution >= 0.6 is 0 Å². The molecule has 2 nitrogen and oxygen atoms in total. The molecule has 1 atom stereocenters. The highest BCUT2D eigenvalue weighted by Gasteiger charge is 2.18. The van der Waals surface area contributed by atoms with Gasteiger partial charge in [-0.1, -0.05) is 12.1 Å². The van der Waals surface area contributed by atoms with Gasteiger partial charge in [-0.25, -0.2) is 0 Å². The molecule has 15 heavy (non-hydrogen) atoms. The Kier molecular flexibility index (Phi) is 3.27. The number of benzene rings is 1. The lowest BCUT2D eigenvalue weighted by Crippen LogP contribution is -2.14. The Morgan fingerprint density at radius 1 is 1.33 bits per heavy atom. The largest absolute Gasteiger partial charge is 0.508 e. The number of aromatic hydroxyl groups is 1. The molecule has 0 radical (unpaired) electrons. The monoisotopic (exact) mass is 205 g/mol. The van der Waals surface area contributed by atoms with Crippen molar-refractivity contribution in [3.8, 4) is 5.75 Å². The molecular formula is C13H19NO. The van der Waals surface area contributed by atoms with Crippen LogP contribution in [-0.2, 0) is 6.42 Å². The highest BCUT2D eigenvalue weighted by Crippen LogP contribution is 2.20. The molecule has 1 aliphatic rings. The second-order valence-electron chi connectivity index (χ2n) is 4.62. The predicted octanol–water partition coefficient (Wildman–Crippen LogP) is 2.28. The van der Waals surface area contributed by atoms with E-state index in [1.54, 1.807) is 12.1 Å². The summed E-state index contributed by atoms with van der Waals surface area (Å²) in [4.78, 5) is 2.40. The Labute approximate surface area is 91.5 Å². The number of nitrogens with zero attached hydrogens (tertiary/aromatic N) is 1. The number of hydrogen-bond acceptors (Lipinski definition) is 2. The van der Waals surface area contributed by atoms with E-state index in [2.05, 4.69) is 11.9 Å². The van der Waals surface area contributed by atoms with E-state index in [0.717, 1.165) is 12.3 Å². The van der Waals surface area contributed by atoms with Gasteiger partial charge in [0.25, 0.3) is 0 Å². The fourth-order valence-electron chi connectivity index (χ4n) is 2.30. The first kappa shape index (κ1) is 10.5. The highest BCUT2D eigenvalue weighted by atomic mass is 16.3. The number of hydrogen-bond donors (Lipinski definition) is 1. The highest BCUT2D eigenvalue weighted by molar-refractivity contribution is 5.25. The van der Waals surface area contributed by atoms with Crippen LogP contribution in [-0.4, -0.2) is 30.1 Å². The summed E-state index contributed by atoms with van der Waals surface area (Å²) in [6, 6.07) is 7.59. The Morgan fingerprint density at radius 3 is 2.67 bits per heavy atom. The van der Waals surface area contributed by atoms with Crippen LogP contribution in [0.3, 0.4) is 0 Å². The number of rotatable bonds is 3. The molecule has 0 bridgehead atoms. The van der Waals surface area contributed by atoms with Gasteiger partial charge in [0.1, 0.15) is 5.75 Å². The quantitative estimate of drug-likeness (QED) is 0.818. The lowest BCUT2D eigenvalue weighted by atomic mass is 9.99. The number of likely N-dealkylation sites (tertiary alicyclic amines) is 1. The molecule has 0 aromatic heterocycles. The molecule has 2 heteroatoms. The van der Waals surface area contributed by atoms with E-state index < -0.39 is 0 Å². The topological polar surface area (TPSA) is 23.5 Å². The fourth-order valence-corrected chi connectivity index (χ4v) is 2.30. The van der Waals surface area contributed by atoms with E-state index in [9.17, 15) is 0 Å². The summed E-state index contributed by atoms with van der Waals surface area (Å²) in [6.45, 7) is 2.50. The van der Waals surface area contributed by atoms with Gasteiger partial charge in [-0.15, -0.1) is 0 Å². The zero-order valence-electron chi connectivity index (χ0n) is 9.32. The van der Waals surface area contributed by atoms with Crippen LogP contribution in [0.2, 0.25) is 0 Å². The minimum atomic E-state index is 0.361. The summed E-state index contributed by atoms with van der Waals surface area (Å²) < 4.78 is 0. The Balaban J connectivity index is 1.80. The predicted molar refractivity (Wildman–Crippen MR) is 62.0 cm³/mol. The van der Waals surface area contributed by atoms with Crippen LogP contribution in [0, 0.1) is 5.92 Å². The first-order valence-corrected chi connectivity index (χ1v) is 5.70. The normalized spacial score (nSPS) is 22.1. The molecule has 1 unspecified atom stereocenters. The number of phenols is 1. The third-order valence-corrected chi connectivity index (χ3v) is 3.27. The van der Waals surface area contributed by atoms with Crippen molar-refractivity contribution in [2.45, 2.75) is 19.3 Å². The van der Waals surface area contributed by atoms with Gasteiger partial charge in [0.15, 0.2) is 0 Å². The first-order valence-electron chi connectivity index (χ1n) is 5.70.